The van der Waals surface area contributed by atoms with Gasteiger partial charge in [-0.3, -0.25) is 0 Å². The third-order valence-electron chi connectivity index (χ3n) is 20.4. The molecule has 0 atom stereocenters. The molecule has 0 radical (unpaired) electrons. The van der Waals surface area contributed by atoms with E-state index < -0.39 is 0 Å². The van der Waals surface area contributed by atoms with Crippen LogP contribution in [0.3, 0.4) is 0 Å². The summed E-state index contributed by atoms with van der Waals surface area (Å²) in [5, 5.41) is 8.31. The second kappa shape index (κ2) is 19.1. The summed E-state index contributed by atoms with van der Waals surface area (Å²) in [5.74, 6) is 0.708. The minimum atomic E-state index is -0.109. The van der Waals surface area contributed by atoms with Crippen molar-refractivity contribution in [1.29, 1.82) is 0 Å². The summed E-state index contributed by atoms with van der Waals surface area (Å²) in [6.45, 7) is 9.46. The van der Waals surface area contributed by atoms with Gasteiger partial charge in [-0.05, 0) is 170 Å². The fourth-order valence-electron chi connectivity index (χ4n) is 16.0. The minimum Gasteiger partial charge on any atom is -0.309 e. The predicted octanol–water partition coefficient (Wildman–Crippen LogP) is 22.2. The first-order chi connectivity index (χ1) is 44.6. The molecule has 0 unspecified atom stereocenters. The van der Waals surface area contributed by atoms with Crippen molar-refractivity contribution >= 4 is 76.3 Å². The molecule has 0 saturated carbocycles. The van der Waals surface area contributed by atoms with E-state index >= 15 is 0 Å². The van der Waals surface area contributed by atoms with E-state index in [9.17, 15) is 0 Å². The Bertz CT molecular complexity index is 5680. The van der Waals surface area contributed by atoms with E-state index in [1.165, 1.54) is 121 Å². The molecule has 2 aliphatic rings. The van der Waals surface area contributed by atoms with Gasteiger partial charge < -0.3 is 13.7 Å². The van der Waals surface area contributed by atoms with Crippen molar-refractivity contribution in [2.75, 3.05) is 0 Å². The Kier molecular flexibility index (Phi) is 10.8. The molecule has 428 valence electrons. The maximum Gasteiger partial charge on any atom is 0.160 e. The van der Waals surface area contributed by atoms with Gasteiger partial charge in [-0.1, -0.05) is 210 Å². The molecule has 5 heteroatoms. The van der Waals surface area contributed by atoms with Crippen LogP contribution < -0.4 is 0 Å². The molecule has 0 N–H and O–H groups in total. The lowest BCUT2D eigenvalue weighted by Gasteiger charge is -2.22. The highest BCUT2D eigenvalue weighted by atomic mass is 15.0. The zero-order valence-corrected chi connectivity index (χ0v) is 50.9. The normalized spacial score (nSPS) is 13.7. The molecule has 0 spiro atoms. The van der Waals surface area contributed by atoms with Gasteiger partial charge >= 0.3 is 0 Å². The number of aromatic nitrogens is 5. The Morgan fingerprint density at radius 3 is 1.13 bits per heavy atom. The van der Waals surface area contributed by atoms with Gasteiger partial charge in [0.05, 0.1) is 44.3 Å². The van der Waals surface area contributed by atoms with Crippen molar-refractivity contribution in [3.63, 3.8) is 0 Å². The van der Waals surface area contributed by atoms with Crippen molar-refractivity contribution in [3.8, 4) is 84.2 Å². The fourth-order valence-corrected chi connectivity index (χ4v) is 16.0. The molecular formula is C86H59N5. The molecule has 0 amide bonds. The minimum absolute atomic E-state index is 0.109. The highest BCUT2D eigenvalue weighted by Gasteiger charge is 2.37. The molecule has 0 fully saturated rings. The topological polar surface area (TPSA) is 40.6 Å². The van der Waals surface area contributed by atoms with Crippen LogP contribution in [0.5, 0.6) is 0 Å². The fraction of sp³-hybridized carbons (Fsp3) is 0.0698. The summed E-state index contributed by atoms with van der Waals surface area (Å²) < 4.78 is 7.38. The number of benzene rings is 13. The summed E-state index contributed by atoms with van der Waals surface area (Å²) in [7, 11) is 0. The Hall–Kier alpha value is -11.4. The van der Waals surface area contributed by atoms with Gasteiger partial charge in [-0.15, -0.1) is 0 Å². The van der Waals surface area contributed by atoms with Gasteiger partial charge in [0, 0.05) is 76.7 Å². The summed E-state index contributed by atoms with van der Waals surface area (Å²) in [5.41, 5.74) is 29.6. The third kappa shape index (κ3) is 7.52. The van der Waals surface area contributed by atoms with Crippen LogP contribution in [0.4, 0.5) is 0 Å². The van der Waals surface area contributed by atoms with Gasteiger partial charge in [0.15, 0.2) is 5.82 Å². The van der Waals surface area contributed by atoms with E-state index in [0.29, 0.717) is 5.82 Å². The standard InChI is InChI=1S/C86H59N5/c1-85(2)72-28-13-8-23-61(72)63-39-37-59(50-74(63)85)90-77-31-16-11-25-65(77)68-46-53(33-41-79(68)90)55-35-43-81-70(48-55)71-49-56(36-44-82(71)89(81)58-22-18-21-57(45-58)83-67-27-10-15-30-76(67)87-84(88-83)52-19-6-5-7-20-52)54-34-42-80-69(47-54)66-26-12-17-32-78(66)91(80)60-38-40-64-62-24-9-14-29-73(62)86(3,4)75(64)51-60/h5-51H,1-4H3. The van der Waals surface area contributed by atoms with Crippen LogP contribution >= 0.6 is 0 Å². The number of rotatable bonds is 7. The molecule has 17 aromatic rings. The molecule has 5 nitrogen and oxygen atoms in total. The van der Waals surface area contributed by atoms with Gasteiger partial charge in [-0.25, -0.2) is 9.97 Å². The zero-order valence-electron chi connectivity index (χ0n) is 50.9. The van der Waals surface area contributed by atoms with Crippen LogP contribution in [0.1, 0.15) is 49.9 Å². The average Bonchev–Trinajstić information content (AvgIpc) is 1.80. The van der Waals surface area contributed by atoms with E-state index in [1.807, 2.05) is 18.2 Å². The van der Waals surface area contributed by atoms with Gasteiger partial charge in [-0.2, -0.15) is 0 Å². The smallest absolute Gasteiger partial charge is 0.160 e. The lowest BCUT2D eigenvalue weighted by Crippen LogP contribution is -2.15. The Labute approximate surface area is 527 Å². The van der Waals surface area contributed by atoms with E-state index in [-0.39, 0.29) is 10.8 Å². The highest BCUT2D eigenvalue weighted by molar-refractivity contribution is 6.15. The SMILES string of the molecule is CC1(C)c2ccccc2-c2ccc(-n3c4ccccc4c4cc(-c5ccc6c(c5)c5cc(-c7ccc8c(c7)c7ccccc7n8-c7ccc8c(c7)C(C)(C)c7ccccc7-8)ccc5n6-c5cccc(-c6nc(-c7ccccc7)nc7ccccc67)c5)ccc43)cc21. The average molecular weight is 1160 g/mol. The Morgan fingerprint density at radius 1 is 0.242 bits per heavy atom. The summed E-state index contributed by atoms with van der Waals surface area (Å²) in [6.07, 6.45) is 0. The predicted molar refractivity (Wildman–Crippen MR) is 379 cm³/mol. The zero-order chi connectivity index (χ0) is 60.4. The van der Waals surface area contributed by atoms with Gasteiger partial charge in [0.1, 0.15) is 0 Å². The molecule has 0 bridgehead atoms. The molecule has 19 rings (SSSR count). The van der Waals surface area contributed by atoms with Crippen LogP contribution in [0, 0.1) is 0 Å². The maximum absolute atomic E-state index is 5.33. The number of para-hydroxylation sites is 3. The van der Waals surface area contributed by atoms with E-state index in [2.05, 4.69) is 308 Å². The lowest BCUT2D eigenvalue weighted by molar-refractivity contribution is 0.660. The van der Waals surface area contributed by atoms with Crippen LogP contribution in [0.25, 0.3) is 161 Å². The number of nitrogens with zero attached hydrogens (tertiary/aromatic N) is 5. The third-order valence-corrected chi connectivity index (χ3v) is 20.4. The van der Waals surface area contributed by atoms with E-state index in [4.69, 9.17) is 9.97 Å². The largest absolute Gasteiger partial charge is 0.309 e. The molecule has 13 aromatic carbocycles. The monoisotopic (exact) mass is 1160 g/mol. The van der Waals surface area contributed by atoms with E-state index in [0.717, 1.165) is 55.6 Å². The molecule has 4 heterocycles. The second-order valence-electron chi connectivity index (χ2n) is 26.1. The number of hydrogen-bond donors (Lipinski definition) is 0. The lowest BCUT2D eigenvalue weighted by atomic mass is 9.82. The summed E-state index contributed by atoms with van der Waals surface area (Å²) >= 11 is 0. The first-order valence-corrected chi connectivity index (χ1v) is 31.7. The molecule has 0 saturated heterocycles. The van der Waals surface area contributed by atoms with Gasteiger partial charge in [0.25, 0.3) is 0 Å². The van der Waals surface area contributed by atoms with E-state index in [1.54, 1.807) is 0 Å². The van der Waals surface area contributed by atoms with Crippen molar-refractivity contribution in [2.24, 2.45) is 0 Å². The molecular weight excluding hydrogens is 1100 g/mol. The number of hydrogen-bond acceptors (Lipinski definition) is 2. The van der Waals surface area contributed by atoms with Crippen LogP contribution in [-0.2, 0) is 10.8 Å². The maximum atomic E-state index is 5.33. The Morgan fingerprint density at radius 2 is 0.626 bits per heavy atom. The van der Waals surface area contributed by atoms with Crippen molar-refractivity contribution in [3.05, 3.63) is 307 Å². The summed E-state index contributed by atoms with van der Waals surface area (Å²) in [4.78, 5) is 10.4. The Balaban J connectivity index is 0.778. The molecule has 91 heavy (non-hydrogen) atoms. The molecule has 2 aliphatic carbocycles. The van der Waals surface area contributed by atoms with Crippen molar-refractivity contribution < 1.29 is 0 Å². The quantitative estimate of drug-likeness (QED) is 0.160. The first-order valence-electron chi connectivity index (χ1n) is 31.7. The second-order valence-corrected chi connectivity index (χ2v) is 26.1. The van der Waals surface area contributed by atoms with Crippen LogP contribution in [0.15, 0.2) is 285 Å². The van der Waals surface area contributed by atoms with Crippen LogP contribution in [0.2, 0.25) is 0 Å². The summed E-state index contributed by atoms with van der Waals surface area (Å²) in [6, 6.07) is 106. The molecule has 4 aromatic heterocycles. The van der Waals surface area contributed by atoms with Crippen molar-refractivity contribution in [1.82, 2.24) is 23.7 Å². The number of fused-ring (bicyclic) bond motifs is 16. The van der Waals surface area contributed by atoms with Crippen LogP contribution in [-0.4, -0.2) is 23.7 Å². The first kappa shape index (κ1) is 51.6. The van der Waals surface area contributed by atoms with Crippen molar-refractivity contribution in [2.45, 2.75) is 38.5 Å². The van der Waals surface area contributed by atoms with Gasteiger partial charge in [0.2, 0.25) is 0 Å². The molecule has 0 aliphatic heterocycles. The highest BCUT2D eigenvalue weighted by Crippen LogP contribution is 2.52.